The summed E-state index contributed by atoms with van der Waals surface area (Å²) >= 11 is 12.6. The summed E-state index contributed by atoms with van der Waals surface area (Å²) in [6.07, 6.45) is 0. The van der Waals surface area contributed by atoms with Gasteiger partial charge in [0.15, 0.2) is 0 Å². The number of halogens is 2. The lowest BCUT2D eigenvalue weighted by Gasteiger charge is -2.06. The van der Waals surface area contributed by atoms with Crippen LogP contribution in [0.15, 0.2) is 76.7 Å². The second kappa shape index (κ2) is 8.09. The third-order valence-electron chi connectivity index (χ3n) is 5.02. The van der Waals surface area contributed by atoms with Crippen molar-refractivity contribution in [2.45, 2.75) is 12.1 Å². The van der Waals surface area contributed by atoms with Crippen LogP contribution in [0.4, 0.5) is 0 Å². The molecule has 7 heteroatoms. The molecule has 30 heavy (non-hydrogen) atoms. The molecule has 2 atom stereocenters. The molecular formula is C23H17Cl2N3O2. The number of pyridine rings is 1. The Balaban J connectivity index is 1.40. The first-order valence-electron chi connectivity index (χ1n) is 9.57. The fourth-order valence-electron chi connectivity index (χ4n) is 3.51. The van der Waals surface area contributed by atoms with E-state index in [4.69, 9.17) is 32.7 Å². The van der Waals surface area contributed by atoms with Gasteiger partial charge in [0.1, 0.15) is 36.7 Å². The average Bonchev–Trinajstić information content (AvgIpc) is 3.45. The van der Waals surface area contributed by atoms with Crippen LogP contribution in [0.1, 0.15) is 34.6 Å². The highest BCUT2D eigenvalue weighted by molar-refractivity contribution is 6.31. The topological polar surface area (TPSA) is 56.1 Å². The Hall–Kier alpha value is -2.89. The maximum absolute atomic E-state index is 6.30. The zero-order valence-corrected chi connectivity index (χ0v) is 17.3. The molecule has 0 bridgehead atoms. The molecule has 0 radical (unpaired) electrons. The van der Waals surface area contributed by atoms with Crippen molar-refractivity contribution in [1.29, 1.82) is 0 Å². The molecule has 0 aliphatic carbocycles. The highest BCUT2D eigenvalue weighted by Gasteiger charge is 2.27. The van der Waals surface area contributed by atoms with Gasteiger partial charge in [0.25, 0.3) is 0 Å². The van der Waals surface area contributed by atoms with E-state index in [-0.39, 0.29) is 12.1 Å². The maximum atomic E-state index is 6.30. The summed E-state index contributed by atoms with van der Waals surface area (Å²) in [5, 5.41) is 1.36. The molecule has 0 amide bonds. The quantitative estimate of drug-likeness (QED) is 0.546. The van der Waals surface area contributed by atoms with Crippen molar-refractivity contribution in [3.63, 3.8) is 0 Å². The first-order valence-corrected chi connectivity index (χ1v) is 10.3. The van der Waals surface area contributed by atoms with Gasteiger partial charge in [-0.1, -0.05) is 65.7 Å². The summed E-state index contributed by atoms with van der Waals surface area (Å²) in [6, 6.07) is 20.6. The normalized spacial score (nSPS) is 20.3. The van der Waals surface area contributed by atoms with Crippen LogP contribution in [0.5, 0.6) is 0 Å². The molecule has 5 rings (SSSR count). The maximum Gasteiger partial charge on any atom is 0.236 e. The van der Waals surface area contributed by atoms with E-state index in [0.29, 0.717) is 46.4 Å². The van der Waals surface area contributed by atoms with Crippen LogP contribution >= 0.6 is 23.2 Å². The molecule has 0 saturated heterocycles. The molecular weight excluding hydrogens is 421 g/mol. The van der Waals surface area contributed by atoms with E-state index in [0.717, 1.165) is 11.1 Å². The van der Waals surface area contributed by atoms with Crippen molar-refractivity contribution < 1.29 is 9.47 Å². The van der Waals surface area contributed by atoms with Gasteiger partial charge in [0.2, 0.25) is 11.8 Å². The molecule has 2 aromatic carbocycles. The van der Waals surface area contributed by atoms with E-state index >= 15 is 0 Å². The number of hydrogen-bond donors (Lipinski definition) is 0. The van der Waals surface area contributed by atoms with E-state index in [2.05, 4.69) is 15.0 Å². The third kappa shape index (κ3) is 3.66. The summed E-state index contributed by atoms with van der Waals surface area (Å²) in [4.78, 5) is 14.0. The number of ether oxygens (including phenoxy) is 2. The summed E-state index contributed by atoms with van der Waals surface area (Å²) in [5.74, 6) is 0.978. The van der Waals surface area contributed by atoms with E-state index < -0.39 is 0 Å². The van der Waals surface area contributed by atoms with Crippen molar-refractivity contribution >= 4 is 35.0 Å². The number of aromatic nitrogens is 1. The lowest BCUT2D eigenvalue weighted by atomic mass is 10.1. The van der Waals surface area contributed by atoms with Gasteiger partial charge in [0, 0.05) is 10.0 Å². The van der Waals surface area contributed by atoms with Gasteiger partial charge in [0.05, 0.1) is 0 Å². The smallest absolute Gasteiger partial charge is 0.236 e. The first-order chi connectivity index (χ1) is 14.7. The zero-order valence-electron chi connectivity index (χ0n) is 15.8. The van der Waals surface area contributed by atoms with Gasteiger partial charge in [-0.15, -0.1) is 0 Å². The molecule has 3 heterocycles. The van der Waals surface area contributed by atoms with Crippen molar-refractivity contribution in [2.75, 3.05) is 13.2 Å². The zero-order chi connectivity index (χ0) is 20.5. The van der Waals surface area contributed by atoms with E-state index in [1.807, 2.05) is 66.7 Å². The molecule has 5 nitrogen and oxygen atoms in total. The monoisotopic (exact) mass is 437 g/mol. The number of aliphatic imine (C=N–C) groups is 2. The predicted octanol–water partition coefficient (Wildman–Crippen LogP) is 5.42. The van der Waals surface area contributed by atoms with E-state index in [1.165, 1.54) is 0 Å². The van der Waals surface area contributed by atoms with Gasteiger partial charge in [-0.25, -0.2) is 15.0 Å². The second-order valence-corrected chi connectivity index (χ2v) is 7.79. The standard InChI is InChI=1S/C23H17Cl2N3O2/c24-16-8-3-1-6-14(16)20-12-29-22(27-20)18-10-5-11-19(26-18)23-28-21(13-30-23)15-7-2-4-9-17(15)25/h1-11,20-21H,12-13H2/t20-,21-/m1/s1. The molecule has 2 aliphatic heterocycles. The molecule has 0 saturated carbocycles. The van der Waals surface area contributed by atoms with Gasteiger partial charge in [-0.05, 0) is 35.4 Å². The largest absolute Gasteiger partial charge is 0.474 e. The minimum atomic E-state index is -0.149. The summed E-state index contributed by atoms with van der Waals surface area (Å²) < 4.78 is 11.6. The van der Waals surface area contributed by atoms with Crippen LogP contribution in [0.2, 0.25) is 10.0 Å². The van der Waals surface area contributed by atoms with Crippen LogP contribution in [-0.2, 0) is 9.47 Å². The van der Waals surface area contributed by atoms with Crippen LogP contribution in [-0.4, -0.2) is 30.0 Å². The summed E-state index contributed by atoms with van der Waals surface area (Å²) in [5.41, 5.74) is 3.15. The lowest BCUT2D eigenvalue weighted by Crippen LogP contribution is -2.09. The van der Waals surface area contributed by atoms with Gasteiger partial charge in [-0.3, -0.25) is 0 Å². The van der Waals surface area contributed by atoms with Gasteiger partial charge < -0.3 is 9.47 Å². The van der Waals surface area contributed by atoms with Crippen LogP contribution in [0.3, 0.4) is 0 Å². The fourth-order valence-corrected chi connectivity index (χ4v) is 4.03. The van der Waals surface area contributed by atoms with Crippen molar-refractivity contribution in [1.82, 2.24) is 4.98 Å². The lowest BCUT2D eigenvalue weighted by molar-refractivity contribution is 0.317. The van der Waals surface area contributed by atoms with Gasteiger partial charge >= 0.3 is 0 Å². The van der Waals surface area contributed by atoms with Crippen LogP contribution in [0.25, 0.3) is 0 Å². The third-order valence-corrected chi connectivity index (χ3v) is 5.71. The van der Waals surface area contributed by atoms with Crippen molar-refractivity contribution in [3.8, 4) is 0 Å². The molecule has 0 spiro atoms. The Labute approximate surface area is 184 Å². The molecule has 2 aliphatic rings. The Bertz CT molecular complexity index is 1080. The number of rotatable bonds is 4. The minimum absolute atomic E-state index is 0.149. The molecule has 3 aromatic rings. The molecule has 0 unspecified atom stereocenters. The number of nitrogens with zero attached hydrogens (tertiary/aromatic N) is 3. The Morgan fingerprint density at radius 2 is 1.10 bits per heavy atom. The van der Waals surface area contributed by atoms with Crippen LogP contribution < -0.4 is 0 Å². The molecule has 150 valence electrons. The molecule has 0 N–H and O–H groups in total. The predicted molar refractivity (Wildman–Crippen MR) is 118 cm³/mol. The summed E-state index contributed by atoms with van der Waals surface area (Å²) in [7, 11) is 0. The fraction of sp³-hybridized carbons (Fsp3) is 0.174. The Morgan fingerprint density at radius 3 is 1.57 bits per heavy atom. The van der Waals surface area contributed by atoms with E-state index in [1.54, 1.807) is 0 Å². The molecule has 0 fully saturated rings. The minimum Gasteiger partial charge on any atom is -0.474 e. The SMILES string of the molecule is Clc1ccccc1[C@H]1COC(c2cccc(C3=N[C@@H](c4ccccc4Cl)CO3)n2)=N1. The highest BCUT2D eigenvalue weighted by atomic mass is 35.5. The van der Waals surface area contributed by atoms with Gasteiger partial charge in [-0.2, -0.15) is 0 Å². The number of hydrogen-bond acceptors (Lipinski definition) is 5. The second-order valence-electron chi connectivity index (χ2n) is 6.97. The number of benzene rings is 2. The van der Waals surface area contributed by atoms with Crippen molar-refractivity contribution in [3.05, 3.63) is 99.3 Å². The van der Waals surface area contributed by atoms with Crippen LogP contribution in [0, 0.1) is 0 Å². The summed E-state index contributed by atoms with van der Waals surface area (Å²) in [6.45, 7) is 0.855. The van der Waals surface area contributed by atoms with E-state index in [9.17, 15) is 0 Å². The Morgan fingerprint density at radius 1 is 0.633 bits per heavy atom. The average molecular weight is 438 g/mol. The highest BCUT2D eigenvalue weighted by Crippen LogP contribution is 2.31. The Kier molecular flexibility index (Phi) is 5.15. The van der Waals surface area contributed by atoms with Crippen molar-refractivity contribution in [2.24, 2.45) is 9.98 Å². The first kappa shape index (κ1) is 19.1. The molecule has 1 aromatic heterocycles.